The van der Waals surface area contributed by atoms with Crippen molar-refractivity contribution in [1.29, 1.82) is 0 Å². The minimum absolute atomic E-state index is 0. The van der Waals surface area contributed by atoms with Crippen LogP contribution in [-0.4, -0.2) is 23.9 Å². The molecule has 3 nitrogen and oxygen atoms in total. The Balaban J connectivity index is 0.00000264. The van der Waals surface area contributed by atoms with E-state index in [0.29, 0.717) is 12.1 Å². The molecule has 2 aromatic carbocycles. The van der Waals surface area contributed by atoms with Gasteiger partial charge in [0.1, 0.15) is 0 Å². The number of nitrogens with zero attached hydrogens (tertiary/aromatic N) is 1. The number of rotatable bonds is 5. The molecule has 1 amide bonds. The maximum absolute atomic E-state index is 12.5. The van der Waals surface area contributed by atoms with Crippen LogP contribution >= 0.6 is 24.0 Å². The lowest BCUT2D eigenvalue weighted by molar-refractivity contribution is 0.0743. The Hall–Kier alpha value is -1.55. The molecule has 0 heterocycles. The summed E-state index contributed by atoms with van der Waals surface area (Å²) in [5.74, 6) is 0.0186. The van der Waals surface area contributed by atoms with E-state index in [-0.39, 0.29) is 24.4 Å². The van der Waals surface area contributed by atoms with Gasteiger partial charge in [-0.2, -0.15) is 0 Å². The van der Waals surface area contributed by atoms with Crippen LogP contribution < -0.4 is 5.73 Å². The van der Waals surface area contributed by atoms with E-state index in [0.717, 1.165) is 22.6 Å². The van der Waals surface area contributed by atoms with Crippen LogP contribution in [0.2, 0.25) is 5.02 Å². The first-order valence-electron chi connectivity index (χ1n) is 7.32. The van der Waals surface area contributed by atoms with Gasteiger partial charge in [-0.1, -0.05) is 35.9 Å². The zero-order valence-electron chi connectivity index (χ0n) is 13.3. The van der Waals surface area contributed by atoms with E-state index in [1.165, 1.54) is 0 Å². The first-order chi connectivity index (χ1) is 10.5. The van der Waals surface area contributed by atoms with Crippen LogP contribution in [0, 0.1) is 0 Å². The van der Waals surface area contributed by atoms with E-state index < -0.39 is 0 Å². The van der Waals surface area contributed by atoms with Gasteiger partial charge in [0.2, 0.25) is 0 Å². The maximum Gasteiger partial charge on any atom is 0.253 e. The summed E-state index contributed by atoms with van der Waals surface area (Å²) in [7, 11) is 1.83. The van der Waals surface area contributed by atoms with Gasteiger partial charge >= 0.3 is 0 Å². The highest BCUT2D eigenvalue weighted by Crippen LogP contribution is 2.14. The molecular formula is C18H22Cl2N2O. The SMILES string of the molecule is CC(Cc1ccc(Cl)cc1)N(C)C(=O)c1ccc(CN)cc1.Cl. The van der Waals surface area contributed by atoms with E-state index in [2.05, 4.69) is 0 Å². The average molecular weight is 353 g/mol. The second kappa shape index (κ2) is 8.92. The summed E-state index contributed by atoms with van der Waals surface area (Å²) in [5, 5.41) is 0.723. The molecule has 0 bridgehead atoms. The zero-order chi connectivity index (χ0) is 16.1. The van der Waals surface area contributed by atoms with Crippen molar-refractivity contribution in [3.63, 3.8) is 0 Å². The van der Waals surface area contributed by atoms with Crippen LogP contribution in [-0.2, 0) is 13.0 Å². The molecule has 23 heavy (non-hydrogen) atoms. The van der Waals surface area contributed by atoms with E-state index >= 15 is 0 Å². The molecule has 0 saturated carbocycles. The Morgan fingerprint density at radius 2 is 1.61 bits per heavy atom. The number of carbonyl (C=O) groups excluding carboxylic acids is 1. The quantitative estimate of drug-likeness (QED) is 0.886. The molecule has 5 heteroatoms. The summed E-state index contributed by atoms with van der Waals surface area (Å²) in [6, 6.07) is 15.3. The number of carbonyl (C=O) groups is 1. The van der Waals surface area contributed by atoms with Crippen LogP contribution in [0.15, 0.2) is 48.5 Å². The van der Waals surface area contributed by atoms with Crippen molar-refractivity contribution in [2.24, 2.45) is 5.73 Å². The minimum Gasteiger partial charge on any atom is -0.339 e. The van der Waals surface area contributed by atoms with Crippen molar-refractivity contribution in [2.45, 2.75) is 25.9 Å². The Morgan fingerprint density at radius 1 is 1.09 bits per heavy atom. The van der Waals surface area contributed by atoms with Crippen molar-refractivity contribution < 1.29 is 4.79 Å². The Morgan fingerprint density at radius 3 is 2.13 bits per heavy atom. The fourth-order valence-electron chi connectivity index (χ4n) is 2.29. The van der Waals surface area contributed by atoms with Crippen LogP contribution in [0.3, 0.4) is 0 Å². The van der Waals surface area contributed by atoms with Gasteiger partial charge in [0.25, 0.3) is 5.91 Å². The van der Waals surface area contributed by atoms with Gasteiger partial charge in [0, 0.05) is 30.2 Å². The third kappa shape index (κ3) is 5.24. The number of hydrogen-bond acceptors (Lipinski definition) is 2. The van der Waals surface area contributed by atoms with E-state index in [9.17, 15) is 4.79 Å². The normalized spacial score (nSPS) is 11.5. The number of amides is 1. The van der Waals surface area contributed by atoms with Gasteiger partial charge in [-0.25, -0.2) is 0 Å². The summed E-state index contributed by atoms with van der Waals surface area (Å²) in [5.41, 5.74) is 8.44. The molecule has 1 atom stereocenters. The fourth-order valence-corrected chi connectivity index (χ4v) is 2.41. The van der Waals surface area contributed by atoms with Gasteiger partial charge in [-0.05, 0) is 48.7 Å². The number of likely N-dealkylation sites (N-methyl/N-ethyl adjacent to an activating group) is 1. The number of halogens is 2. The molecule has 2 aromatic rings. The van der Waals surface area contributed by atoms with E-state index in [1.54, 1.807) is 4.90 Å². The third-order valence-electron chi connectivity index (χ3n) is 3.86. The monoisotopic (exact) mass is 352 g/mol. The highest BCUT2D eigenvalue weighted by Gasteiger charge is 2.17. The zero-order valence-corrected chi connectivity index (χ0v) is 14.9. The second-order valence-corrected chi connectivity index (χ2v) is 5.93. The smallest absolute Gasteiger partial charge is 0.253 e. The summed E-state index contributed by atoms with van der Waals surface area (Å²) < 4.78 is 0. The van der Waals surface area contributed by atoms with Crippen molar-refractivity contribution in [2.75, 3.05) is 7.05 Å². The van der Waals surface area contributed by atoms with Crippen molar-refractivity contribution in [3.05, 3.63) is 70.2 Å². The standard InChI is InChI=1S/C18H21ClN2O.ClH/c1-13(11-14-5-9-17(19)10-6-14)21(2)18(22)16-7-3-15(12-20)4-8-16;/h3-10,13H,11-12,20H2,1-2H3;1H. The summed E-state index contributed by atoms with van der Waals surface area (Å²) in [4.78, 5) is 14.3. The van der Waals surface area contributed by atoms with Crippen molar-refractivity contribution >= 4 is 29.9 Å². The molecule has 0 radical (unpaired) electrons. The van der Waals surface area contributed by atoms with Gasteiger partial charge in [0.15, 0.2) is 0 Å². The average Bonchev–Trinajstić information content (AvgIpc) is 2.55. The van der Waals surface area contributed by atoms with Crippen LogP contribution in [0.4, 0.5) is 0 Å². The van der Waals surface area contributed by atoms with E-state index in [4.69, 9.17) is 17.3 Å². The van der Waals surface area contributed by atoms with Crippen molar-refractivity contribution in [3.8, 4) is 0 Å². The molecule has 0 fully saturated rings. The predicted molar refractivity (Wildman–Crippen MR) is 98.3 cm³/mol. The number of hydrogen-bond donors (Lipinski definition) is 1. The minimum atomic E-state index is 0. The van der Waals surface area contributed by atoms with Gasteiger partial charge in [-0.3, -0.25) is 4.79 Å². The first kappa shape index (κ1) is 19.5. The fraction of sp³-hybridized carbons (Fsp3) is 0.278. The second-order valence-electron chi connectivity index (χ2n) is 5.50. The summed E-state index contributed by atoms with van der Waals surface area (Å²) in [6.45, 7) is 2.53. The molecule has 1 unspecified atom stereocenters. The van der Waals surface area contributed by atoms with E-state index in [1.807, 2.05) is 62.5 Å². The molecular weight excluding hydrogens is 331 g/mol. The summed E-state index contributed by atoms with van der Waals surface area (Å²) in [6.07, 6.45) is 0.792. The van der Waals surface area contributed by atoms with Crippen LogP contribution in [0.5, 0.6) is 0 Å². The molecule has 0 aliphatic heterocycles. The molecule has 2 rings (SSSR count). The lowest BCUT2D eigenvalue weighted by Crippen LogP contribution is -2.36. The molecule has 0 aliphatic carbocycles. The number of benzene rings is 2. The highest BCUT2D eigenvalue weighted by molar-refractivity contribution is 6.30. The van der Waals surface area contributed by atoms with Gasteiger partial charge in [0.05, 0.1) is 0 Å². The van der Waals surface area contributed by atoms with Crippen LogP contribution in [0.25, 0.3) is 0 Å². The maximum atomic E-state index is 12.5. The molecule has 124 valence electrons. The molecule has 2 N–H and O–H groups in total. The topological polar surface area (TPSA) is 46.3 Å². The number of nitrogens with two attached hydrogens (primary N) is 1. The molecule has 0 aliphatic rings. The first-order valence-corrected chi connectivity index (χ1v) is 7.69. The van der Waals surface area contributed by atoms with Gasteiger partial charge in [-0.15, -0.1) is 12.4 Å². The molecule has 0 spiro atoms. The van der Waals surface area contributed by atoms with Gasteiger partial charge < -0.3 is 10.6 Å². The third-order valence-corrected chi connectivity index (χ3v) is 4.11. The van der Waals surface area contributed by atoms with Crippen molar-refractivity contribution in [1.82, 2.24) is 4.90 Å². The lowest BCUT2D eigenvalue weighted by atomic mass is 10.0. The summed E-state index contributed by atoms with van der Waals surface area (Å²) >= 11 is 5.89. The predicted octanol–water partition coefficient (Wildman–Crippen LogP) is 3.92. The lowest BCUT2D eigenvalue weighted by Gasteiger charge is -2.25. The van der Waals surface area contributed by atoms with Crippen LogP contribution in [0.1, 0.15) is 28.4 Å². The Kier molecular flexibility index (Phi) is 7.56. The largest absolute Gasteiger partial charge is 0.339 e. The molecule has 0 aromatic heterocycles. The highest BCUT2D eigenvalue weighted by atomic mass is 35.5. The Labute approximate surface area is 148 Å². The Bertz CT molecular complexity index is 626. The molecule has 0 saturated heterocycles.